The predicted octanol–water partition coefficient (Wildman–Crippen LogP) is 4.81. The Hall–Kier alpha value is -3.78. The van der Waals surface area contributed by atoms with Gasteiger partial charge in [0.15, 0.2) is 0 Å². The Balaban J connectivity index is 0.998. The molecule has 1 saturated carbocycles. The lowest BCUT2D eigenvalue weighted by molar-refractivity contribution is -0.132. The highest BCUT2D eigenvalue weighted by Gasteiger charge is 2.58. The summed E-state index contributed by atoms with van der Waals surface area (Å²) in [6, 6.07) is 19.6. The molecule has 182 valence electrons. The molecule has 1 aliphatic heterocycles. The number of likely N-dealkylation sites (tertiary alicyclic amines) is 1. The van der Waals surface area contributed by atoms with Crippen LogP contribution in [0.2, 0.25) is 0 Å². The van der Waals surface area contributed by atoms with Gasteiger partial charge in [-0.2, -0.15) is 5.10 Å². The highest BCUT2D eigenvalue weighted by Crippen LogP contribution is 2.59. The summed E-state index contributed by atoms with van der Waals surface area (Å²) >= 11 is 1.57. The molecule has 1 saturated heterocycles. The summed E-state index contributed by atoms with van der Waals surface area (Å²) in [5.74, 6) is 0.221. The van der Waals surface area contributed by atoms with Crippen molar-refractivity contribution in [1.29, 1.82) is 0 Å². The second-order valence-corrected chi connectivity index (χ2v) is 10.5. The number of carbonyl (C=O) groups excluding carboxylic acids is 2. The van der Waals surface area contributed by atoms with Crippen molar-refractivity contribution in [2.45, 2.75) is 25.7 Å². The Morgan fingerprint density at radius 3 is 2.53 bits per heavy atom. The van der Waals surface area contributed by atoms with Crippen LogP contribution >= 0.6 is 11.3 Å². The predicted molar refractivity (Wildman–Crippen MR) is 140 cm³/mol. The minimum atomic E-state index is 0.0208. The fraction of sp³-hybridized carbons (Fsp3) is 0.286. The van der Waals surface area contributed by atoms with E-state index in [-0.39, 0.29) is 23.1 Å². The summed E-state index contributed by atoms with van der Waals surface area (Å²) in [5, 5.41) is 10.2. The standard InChI is InChI=1S/C28H27N5O2S/c34-25(17-22-19-36-27(31-22)20-5-2-1-3-6-20)32-15-11-28(12-16-32)18-24(28)26(35)30-21-7-9-23(10-8-21)33-14-4-13-29-33/h1-10,13-14,19,24H,11-12,15-18H2,(H,30,35). The molecule has 4 aromatic rings. The van der Waals surface area contributed by atoms with Gasteiger partial charge in [0, 0.05) is 48.0 Å². The number of hydrogen-bond acceptors (Lipinski definition) is 5. The molecule has 2 aromatic carbocycles. The minimum absolute atomic E-state index is 0.0208. The maximum Gasteiger partial charge on any atom is 0.228 e. The number of anilines is 1. The van der Waals surface area contributed by atoms with Crippen molar-refractivity contribution in [3.63, 3.8) is 0 Å². The van der Waals surface area contributed by atoms with Gasteiger partial charge in [0.05, 0.1) is 17.8 Å². The van der Waals surface area contributed by atoms with E-state index in [1.807, 2.05) is 77.1 Å². The van der Waals surface area contributed by atoms with Crippen LogP contribution < -0.4 is 5.32 Å². The summed E-state index contributed by atoms with van der Waals surface area (Å²) in [5.41, 5.74) is 3.69. The first-order chi connectivity index (χ1) is 17.6. The molecule has 7 nitrogen and oxygen atoms in total. The summed E-state index contributed by atoms with van der Waals surface area (Å²) in [6.45, 7) is 1.41. The van der Waals surface area contributed by atoms with Crippen molar-refractivity contribution in [1.82, 2.24) is 19.7 Å². The third kappa shape index (κ3) is 4.56. The van der Waals surface area contributed by atoms with Crippen molar-refractivity contribution in [2.24, 2.45) is 11.3 Å². The molecular weight excluding hydrogens is 470 g/mol. The molecule has 3 heterocycles. The maximum atomic E-state index is 12.9. The van der Waals surface area contributed by atoms with Crippen LogP contribution in [-0.4, -0.2) is 44.6 Å². The average molecular weight is 498 g/mol. The van der Waals surface area contributed by atoms with Gasteiger partial charge in [-0.3, -0.25) is 9.59 Å². The van der Waals surface area contributed by atoms with Crippen LogP contribution in [0.5, 0.6) is 0 Å². The molecule has 6 rings (SSSR count). The van der Waals surface area contributed by atoms with E-state index in [4.69, 9.17) is 0 Å². The van der Waals surface area contributed by atoms with Crippen LogP contribution in [0.4, 0.5) is 5.69 Å². The number of nitrogens with zero attached hydrogens (tertiary/aromatic N) is 4. The van der Waals surface area contributed by atoms with Gasteiger partial charge in [-0.15, -0.1) is 11.3 Å². The lowest BCUT2D eigenvalue weighted by Crippen LogP contribution is -2.41. The monoisotopic (exact) mass is 497 g/mol. The van der Waals surface area contributed by atoms with Crippen LogP contribution in [0.3, 0.4) is 0 Å². The van der Waals surface area contributed by atoms with E-state index in [0.717, 1.165) is 46.9 Å². The van der Waals surface area contributed by atoms with Crippen LogP contribution in [0.1, 0.15) is 25.0 Å². The first-order valence-corrected chi connectivity index (χ1v) is 13.2. The summed E-state index contributed by atoms with van der Waals surface area (Å²) in [4.78, 5) is 32.4. The zero-order valence-electron chi connectivity index (χ0n) is 19.8. The first kappa shape index (κ1) is 22.7. The van der Waals surface area contributed by atoms with Crippen LogP contribution in [-0.2, 0) is 16.0 Å². The molecule has 2 amide bonds. The maximum absolute atomic E-state index is 12.9. The molecule has 1 N–H and O–H groups in total. The Bertz CT molecular complexity index is 1360. The van der Waals surface area contributed by atoms with Gasteiger partial charge in [-0.05, 0) is 55.0 Å². The van der Waals surface area contributed by atoms with Gasteiger partial charge in [-0.1, -0.05) is 30.3 Å². The van der Waals surface area contributed by atoms with Crippen LogP contribution in [0.25, 0.3) is 16.3 Å². The summed E-state index contributed by atoms with van der Waals surface area (Å²) in [7, 11) is 0. The van der Waals surface area contributed by atoms with E-state index in [2.05, 4.69) is 15.4 Å². The summed E-state index contributed by atoms with van der Waals surface area (Å²) < 4.78 is 1.78. The van der Waals surface area contributed by atoms with Crippen molar-refractivity contribution in [2.75, 3.05) is 18.4 Å². The van der Waals surface area contributed by atoms with Crippen LogP contribution in [0, 0.1) is 11.3 Å². The summed E-state index contributed by atoms with van der Waals surface area (Å²) in [6.07, 6.45) is 6.61. The number of hydrogen-bond donors (Lipinski definition) is 1. The van der Waals surface area contributed by atoms with Crippen molar-refractivity contribution in [3.05, 3.63) is 84.1 Å². The molecule has 8 heteroatoms. The zero-order valence-corrected chi connectivity index (χ0v) is 20.7. The topological polar surface area (TPSA) is 80.1 Å². The van der Waals surface area contributed by atoms with E-state index in [1.54, 1.807) is 22.2 Å². The molecule has 36 heavy (non-hydrogen) atoms. The van der Waals surface area contributed by atoms with Gasteiger partial charge < -0.3 is 10.2 Å². The fourth-order valence-electron chi connectivity index (χ4n) is 5.19. The SMILES string of the molecule is O=C(Nc1ccc(-n2cccn2)cc1)C1CC12CCN(C(=O)Cc1csc(-c3ccccc3)n1)CC2. The number of thiazole rings is 1. The molecule has 1 atom stereocenters. The fourth-order valence-corrected chi connectivity index (χ4v) is 6.01. The zero-order chi connectivity index (χ0) is 24.5. The van der Waals surface area contributed by atoms with E-state index in [0.29, 0.717) is 19.5 Å². The number of amides is 2. The van der Waals surface area contributed by atoms with E-state index in [9.17, 15) is 9.59 Å². The van der Waals surface area contributed by atoms with Crippen LogP contribution in [0.15, 0.2) is 78.4 Å². The van der Waals surface area contributed by atoms with Gasteiger partial charge in [0.25, 0.3) is 0 Å². The van der Waals surface area contributed by atoms with Gasteiger partial charge >= 0.3 is 0 Å². The third-order valence-corrected chi connectivity index (χ3v) is 8.37. The molecule has 2 aromatic heterocycles. The van der Waals surface area contributed by atoms with Crippen molar-refractivity contribution < 1.29 is 9.59 Å². The lowest BCUT2D eigenvalue weighted by atomic mass is 9.90. The van der Waals surface area contributed by atoms with E-state index < -0.39 is 0 Å². The second kappa shape index (κ2) is 9.35. The minimum Gasteiger partial charge on any atom is -0.342 e. The third-order valence-electron chi connectivity index (χ3n) is 7.43. The molecule has 1 unspecified atom stereocenters. The average Bonchev–Trinajstić information content (AvgIpc) is 3.26. The lowest BCUT2D eigenvalue weighted by Gasteiger charge is -2.32. The quantitative estimate of drug-likeness (QED) is 0.415. The normalized spacial score (nSPS) is 18.2. The van der Waals surface area contributed by atoms with Crippen molar-refractivity contribution >= 4 is 28.8 Å². The highest BCUT2D eigenvalue weighted by molar-refractivity contribution is 7.13. The van der Waals surface area contributed by atoms with Crippen molar-refractivity contribution in [3.8, 4) is 16.3 Å². The molecule has 1 spiro atoms. The Morgan fingerprint density at radius 1 is 1.03 bits per heavy atom. The molecule has 0 radical (unpaired) electrons. The van der Waals surface area contributed by atoms with E-state index in [1.165, 1.54) is 0 Å². The number of carbonyl (C=O) groups is 2. The molecule has 2 fully saturated rings. The Kier molecular flexibility index (Phi) is 5.89. The number of piperidine rings is 1. The van der Waals surface area contributed by atoms with E-state index >= 15 is 0 Å². The second-order valence-electron chi connectivity index (χ2n) is 9.67. The van der Waals surface area contributed by atoms with Gasteiger partial charge in [-0.25, -0.2) is 9.67 Å². The number of rotatable bonds is 6. The number of nitrogens with one attached hydrogen (secondary N) is 1. The molecule has 0 bridgehead atoms. The Morgan fingerprint density at radius 2 is 1.81 bits per heavy atom. The number of aromatic nitrogens is 3. The smallest absolute Gasteiger partial charge is 0.228 e. The van der Waals surface area contributed by atoms with Gasteiger partial charge in [0.2, 0.25) is 11.8 Å². The highest BCUT2D eigenvalue weighted by atomic mass is 32.1. The Labute approximate surface area is 213 Å². The number of benzene rings is 2. The van der Waals surface area contributed by atoms with Gasteiger partial charge in [0.1, 0.15) is 5.01 Å². The molecule has 2 aliphatic rings. The first-order valence-electron chi connectivity index (χ1n) is 12.3. The molecular formula is C28H27N5O2S. The largest absolute Gasteiger partial charge is 0.342 e. The molecule has 1 aliphatic carbocycles.